The number of hydrogen-bond donors (Lipinski definition) is 1. The van der Waals surface area contributed by atoms with Crippen molar-refractivity contribution in [1.29, 1.82) is 0 Å². The molecule has 0 atom stereocenters. The largest absolute Gasteiger partial charge is 0.371 e. The average Bonchev–Trinajstić information content (AvgIpc) is 3.13. The molecule has 0 aromatic carbocycles. The van der Waals surface area contributed by atoms with E-state index in [1.807, 2.05) is 12.4 Å². The standard InChI is InChI=1S/C20H31N3O2/c1-8-20(24-15-16-25-20)9-2-18(1)22-12-3-17-6-13-23(14-7-17)19-4-10-21-11-5-19/h4-5,10-11,17-18,22H,1-3,6-9,12-16H2. The minimum Gasteiger partial charge on any atom is -0.371 e. The minimum atomic E-state index is -0.224. The third-order valence-electron chi connectivity index (χ3n) is 6.19. The highest BCUT2D eigenvalue weighted by molar-refractivity contribution is 5.44. The van der Waals surface area contributed by atoms with Crippen LogP contribution in [-0.2, 0) is 9.47 Å². The average molecular weight is 345 g/mol. The van der Waals surface area contributed by atoms with Crippen LogP contribution in [0.4, 0.5) is 5.69 Å². The van der Waals surface area contributed by atoms with Gasteiger partial charge in [0.05, 0.1) is 13.2 Å². The summed E-state index contributed by atoms with van der Waals surface area (Å²) >= 11 is 0. The molecule has 1 aromatic heterocycles. The smallest absolute Gasteiger partial charge is 0.168 e. The fourth-order valence-corrected chi connectivity index (χ4v) is 4.57. The Morgan fingerprint density at radius 1 is 1.04 bits per heavy atom. The molecule has 2 saturated heterocycles. The molecule has 0 radical (unpaired) electrons. The second-order valence-corrected chi connectivity index (χ2v) is 7.76. The Bertz CT molecular complexity index is 515. The number of rotatable bonds is 5. The molecule has 0 amide bonds. The number of aromatic nitrogens is 1. The Kier molecular flexibility index (Phi) is 5.54. The van der Waals surface area contributed by atoms with E-state index in [2.05, 4.69) is 27.3 Å². The first kappa shape index (κ1) is 17.3. The van der Waals surface area contributed by atoms with Gasteiger partial charge in [-0.15, -0.1) is 0 Å². The van der Waals surface area contributed by atoms with E-state index in [1.54, 1.807) is 0 Å². The van der Waals surface area contributed by atoms with Crippen molar-refractivity contribution < 1.29 is 9.47 Å². The lowest BCUT2D eigenvalue weighted by Gasteiger charge is -2.36. The normalized spacial score (nSPS) is 24.9. The van der Waals surface area contributed by atoms with Crippen molar-refractivity contribution in [3.63, 3.8) is 0 Å². The van der Waals surface area contributed by atoms with Crippen LogP contribution in [0, 0.1) is 5.92 Å². The van der Waals surface area contributed by atoms with Crippen LogP contribution in [-0.4, -0.2) is 49.7 Å². The van der Waals surface area contributed by atoms with Crippen LogP contribution in [0.2, 0.25) is 0 Å². The summed E-state index contributed by atoms with van der Waals surface area (Å²) < 4.78 is 11.6. The van der Waals surface area contributed by atoms with Crippen LogP contribution in [0.25, 0.3) is 0 Å². The number of pyridine rings is 1. The summed E-state index contributed by atoms with van der Waals surface area (Å²) in [5.74, 6) is 0.639. The quantitative estimate of drug-likeness (QED) is 0.889. The van der Waals surface area contributed by atoms with E-state index in [0.29, 0.717) is 6.04 Å². The van der Waals surface area contributed by atoms with Crippen LogP contribution in [0.1, 0.15) is 44.9 Å². The lowest BCUT2D eigenvalue weighted by molar-refractivity contribution is -0.179. The Morgan fingerprint density at radius 3 is 2.40 bits per heavy atom. The minimum absolute atomic E-state index is 0.224. The van der Waals surface area contributed by atoms with E-state index in [1.165, 1.54) is 50.9 Å². The van der Waals surface area contributed by atoms with Gasteiger partial charge < -0.3 is 19.7 Å². The van der Waals surface area contributed by atoms with E-state index in [-0.39, 0.29) is 5.79 Å². The van der Waals surface area contributed by atoms with E-state index in [9.17, 15) is 0 Å². The zero-order valence-electron chi connectivity index (χ0n) is 15.2. The van der Waals surface area contributed by atoms with E-state index < -0.39 is 0 Å². The van der Waals surface area contributed by atoms with Crippen molar-refractivity contribution in [2.75, 3.05) is 37.7 Å². The predicted molar refractivity (Wildman–Crippen MR) is 98.7 cm³/mol. The SMILES string of the molecule is c1cc(N2CCC(CCNC3CCC4(CC3)OCCO4)CC2)ccn1. The lowest BCUT2D eigenvalue weighted by atomic mass is 9.89. The zero-order chi connectivity index (χ0) is 17.0. The van der Waals surface area contributed by atoms with Crippen molar-refractivity contribution in [2.24, 2.45) is 5.92 Å². The molecule has 1 aromatic rings. The molecule has 5 heteroatoms. The van der Waals surface area contributed by atoms with E-state index in [0.717, 1.165) is 38.5 Å². The zero-order valence-corrected chi connectivity index (χ0v) is 15.2. The van der Waals surface area contributed by atoms with Gasteiger partial charge in [0.2, 0.25) is 0 Å². The highest BCUT2D eigenvalue weighted by atomic mass is 16.7. The summed E-state index contributed by atoms with van der Waals surface area (Å²) in [6, 6.07) is 4.89. The Balaban J connectivity index is 1.12. The number of ether oxygens (including phenoxy) is 2. The van der Waals surface area contributed by atoms with Gasteiger partial charge in [-0.1, -0.05) is 0 Å². The van der Waals surface area contributed by atoms with Crippen molar-refractivity contribution in [3.05, 3.63) is 24.5 Å². The van der Waals surface area contributed by atoms with Crippen molar-refractivity contribution in [1.82, 2.24) is 10.3 Å². The molecule has 1 saturated carbocycles. The molecule has 1 spiro atoms. The van der Waals surface area contributed by atoms with Gasteiger partial charge in [-0.05, 0) is 56.7 Å². The lowest BCUT2D eigenvalue weighted by Crippen LogP contribution is -2.42. The Labute approximate surface area is 151 Å². The molecule has 4 rings (SSSR count). The van der Waals surface area contributed by atoms with Crippen LogP contribution >= 0.6 is 0 Å². The van der Waals surface area contributed by atoms with Gasteiger partial charge >= 0.3 is 0 Å². The molecule has 3 heterocycles. The first-order chi connectivity index (χ1) is 12.3. The van der Waals surface area contributed by atoms with Gasteiger partial charge in [0.1, 0.15) is 0 Å². The van der Waals surface area contributed by atoms with Crippen molar-refractivity contribution >= 4 is 5.69 Å². The summed E-state index contributed by atoms with van der Waals surface area (Å²) in [7, 11) is 0. The topological polar surface area (TPSA) is 46.6 Å². The van der Waals surface area contributed by atoms with Crippen LogP contribution in [0.15, 0.2) is 24.5 Å². The first-order valence-electron chi connectivity index (χ1n) is 9.99. The van der Waals surface area contributed by atoms with Gasteiger partial charge in [0.15, 0.2) is 5.79 Å². The third-order valence-corrected chi connectivity index (χ3v) is 6.19. The monoisotopic (exact) mass is 345 g/mol. The summed E-state index contributed by atoms with van der Waals surface area (Å²) in [5.41, 5.74) is 1.32. The van der Waals surface area contributed by atoms with Crippen molar-refractivity contribution in [3.8, 4) is 0 Å². The molecule has 0 unspecified atom stereocenters. The number of anilines is 1. The maximum Gasteiger partial charge on any atom is 0.168 e. The molecular weight excluding hydrogens is 314 g/mol. The van der Waals surface area contributed by atoms with Crippen LogP contribution < -0.4 is 10.2 Å². The van der Waals surface area contributed by atoms with E-state index in [4.69, 9.17) is 9.47 Å². The molecule has 1 N–H and O–H groups in total. The summed E-state index contributed by atoms with van der Waals surface area (Å²) in [5, 5.41) is 3.79. The highest BCUT2D eigenvalue weighted by Crippen LogP contribution is 2.35. The molecule has 3 fully saturated rings. The van der Waals surface area contributed by atoms with Gasteiger partial charge in [-0.3, -0.25) is 4.98 Å². The Hall–Kier alpha value is -1.17. The molecule has 0 bridgehead atoms. The number of piperidine rings is 1. The molecule has 5 nitrogen and oxygen atoms in total. The van der Waals surface area contributed by atoms with Gasteiger partial charge in [0.25, 0.3) is 0 Å². The summed E-state index contributed by atoms with van der Waals surface area (Å²) in [6.45, 7) is 5.05. The fraction of sp³-hybridized carbons (Fsp3) is 0.750. The van der Waals surface area contributed by atoms with Gasteiger partial charge in [-0.25, -0.2) is 0 Å². The van der Waals surface area contributed by atoms with Crippen LogP contribution in [0.3, 0.4) is 0 Å². The summed E-state index contributed by atoms with van der Waals surface area (Å²) in [6.07, 6.45) is 12.2. The van der Waals surface area contributed by atoms with Crippen LogP contribution in [0.5, 0.6) is 0 Å². The maximum atomic E-state index is 5.82. The molecule has 1 aliphatic carbocycles. The van der Waals surface area contributed by atoms with Gasteiger partial charge in [-0.2, -0.15) is 0 Å². The second kappa shape index (κ2) is 8.02. The summed E-state index contributed by atoms with van der Waals surface area (Å²) in [4.78, 5) is 6.61. The van der Waals surface area contributed by atoms with Gasteiger partial charge in [0, 0.05) is 50.1 Å². The number of nitrogens with zero attached hydrogens (tertiary/aromatic N) is 2. The molecule has 25 heavy (non-hydrogen) atoms. The van der Waals surface area contributed by atoms with Crippen molar-refractivity contribution in [2.45, 2.75) is 56.8 Å². The molecular formula is C20H31N3O2. The van der Waals surface area contributed by atoms with E-state index >= 15 is 0 Å². The Morgan fingerprint density at radius 2 is 1.72 bits per heavy atom. The fourth-order valence-electron chi connectivity index (χ4n) is 4.57. The highest BCUT2D eigenvalue weighted by Gasteiger charge is 2.40. The third kappa shape index (κ3) is 4.33. The molecule has 2 aliphatic heterocycles. The number of nitrogens with one attached hydrogen (secondary N) is 1. The second-order valence-electron chi connectivity index (χ2n) is 7.76. The number of hydrogen-bond acceptors (Lipinski definition) is 5. The molecule has 3 aliphatic rings. The predicted octanol–water partition coefficient (Wildman–Crippen LogP) is 2.96. The first-order valence-corrected chi connectivity index (χ1v) is 9.99. The maximum absolute atomic E-state index is 5.82. The molecule has 138 valence electrons.